The van der Waals surface area contributed by atoms with Crippen molar-refractivity contribution in [3.05, 3.63) is 15.5 Å². The van der Waals surface area contributed by atoms with Gasteiger partial charge >= 0.3 is 6.09 Å². The van der Waals surface area contributed by atoms with Gasteiger partial charge < -0.3 is 15.0 Å². The van der Waals surface area contributed by atoms with Crippen molar-refractivity contribution in [2.24, 2.45) is 0 Å². The van der Waals surface area contributed by atoms with Gasteiger partial charge in [-0.25, -0.2) is 9.78 Å². The Hall–Kier alpha value is -1.34. The molecule has 0 saturated carbocycles. The summed E-state index contributed by atoms with van der Waals surface area (Å²) < 4.78 is 5.14. The molecule has 1 atom stereocenters. The molecular formula is C13H20ClN3O3S. The fourth-order valence-corrected chi connectivity index (χ4v) is 2.39. The van der Waals surface area contributed by atoms with Crippen molar-refractivity contribution in [3.8, 4) is 0 Å². The Morgan fingerprint density at radius 3 is 2.62 bits per heavy atom. The lowest BCUT2D eigenvalue weighted by Crippen LogP contribution is -2.44. The predicted octanol–water partition coefficient (Wildman–Crippen LogP) is 2.78. The molecule has 1 aromatic rings. The highest BCUT2D eigenvalue weighted by Crippen LogP contribution is 2.20. The summed E-state index contributed by atoms with van der Waals surface area (Å²) in [7, 11) is 1.65. The van der Waals surface area contributed by atoms with Gasteiger partial charge in [-0.2, -0.15) is 0 Å². The number of aromatic nitrogens is 1. The Bertz CT molecular complexity index is 513. The molecule has 1 unspecified atom stereocenters. The number of carbonyl (C=O) groups is 2. The number of carbonyl (C=O) groups excluding carboxylic acids is 2. The SMILES string of the molecule is CC(CNC(=O)OC(C)(C)C)N(C)C(=O)c1scnc1Cl. The number of rotatable bonds is 4. The Balaban J connectivity index is 2.52. The monoisotopic (exact) mass is 333 g/mol. The van der Waals surface area contributed by atoms with Crippen LogP contribution in [0.4, 0.5) is 4.79 Å². The van der Waals surface area contributed by atoms with Crippen molar-refractivity contribution >= 4 is 34.9 Å². The number of thiazole rings is 1. The van der Waals surface area contributed by atoms with E-state index in [4.69, 9.17) is 16.3 Å². The molecule has 21 heavy (non-hydrogen) atoms. The van der Waals surface area contributed by atoms with E-state index in [9.17, 15) is 9.59 Å². The molecule has 0 fully saturated rings. The topological polar surface area (TPSA) is 71.5 Å². The summed E-state index contributed by atoms with van der Waals surface area (Å²) >= 11 is 7.03. The normalized spacial score (nSPS) is 12.7. The molecule has 2 amide bonds. The van der Waals surface area contributed by atoms with Crippen LogP contribution < -0.4 is 5.32 Å². The lowest BCUT2D eigenvalue weighted by atomic mass is 10.2. The summed E-state index contributed by atoms with van der Waals surface area (Å²) in [6, 6.07) is -0.205. The third-order valence-corrected chi connectivity index (χ3v) is 3.85. The van der Waals surface area contributed by atoms with Crippen LogP contribution in [0.1, 0.15) is 37.4 Å². The Morgan fingerprint density at radius 2 is 2.14 bits per heavy atom. The molecule has 6 nitrogen and oxygen atoms in total. The molecule has 0 saturated heterocycles. The Labute approximate surface area is 133 Å². The van der Waals surface area contributed by atoms with E-state index in [1.54, 1.807) is 27.8 Å². The van der Waals surface area contributed by atoms with Crippen molar-refractivity contribution in [1.82, 2.24) is 15.2 Å². The van der Waals surface area contributed by atoms with Crippen LogP contribution in [-0.2, 0) is 4.74 Å². The van der Waals surface area contributed by atoms with E-state index < -0.39 is 11.7 Å². The number of amides is 2. The van der Waals surface area contributed by atoms with E-state index >= 15 is 0 Å². The molecule has 0 radical (unpaired) electrons. The maximum atomic E-state index is 12.2. The minimum atomic E-state index is -0.550. The number of hydrogen-bond donors (Lipinski definition) is 1. The van der Waals surface area contributed by atoms with Crippen LogP contribution in [0.15, 0.2) is 5.51 Å². The molecular weight excluding hydrogens is 314 g/mol. The number of halogens is 1. The fraction of sp³-hybridized carbons (Fsp3) is 0.615. The first kappa shape index (κ1) is 17.7. The number of ether oxygens (including phenoxy) is 1. The van der Waals surface area contributed by atoms with Crippen LogP contribution >= 0.6 is 22.9 Å². The molecule has 1 N–H and O–H groups in total. The van der Waals surface area contributed by atoms with Crippen LogP contribution in [0.5, 0.6) is 0 Å². The molecule has 1 heterocycles. The first-order valence-corrected chi connectivity index (χ1v) is 7.70. The van der Waals surface area contributed by atoms with Gasteiger partial charge in [-0.1, -0.05) is 11.6 Å². The minimum Gasteiger partial charge on any atom is -0.444 e. The zero-order valence-electron chi connectivity index (χ0n) is 12.8. The number of alkyl carbamates (subject to hydrolysis) is 1. The van der Waals surface area contributed by atoms with Gasteiger partial charge in [0.15, 0.2) is 5.15 Å². The lowest BCUT2D eigenvalue weighted by Gasteiger charge is -2.26. The average molecular weight is 334 g/mol. The Morgan fingerprint density at radius 1 is 1.52 bits per heavy atom. The van der Waals surface area contributed by atoms with Gasteiger partial charge in [0.25, 0.3) is 5.91 Å². The summed E-state index contributed by atoms with van der Waals surface area (Å²) in [6.07, 6.45) is -0.508. The largest absolute Gasteiger partial charge is 0.444 e. The minimum absolute atomic E-state index is 0.198. The summed E-state index contributed by atoms with van der Waals surface area (Å²) in [6.45, 7) is 7.48. The van der Waals surface area contributed by atoms with Crippen molar-refractivity contribution in [2.75, 3.05) is 13.6 Å². The third-order valence-electron chi connectivity index (χ3n) is 2.64. The zero-order valence-corrected chi connectivity index (χ0v) is 14.3. The second-order valence-corrected chi connectivity index (χ2v) is 6.83. The van der Waals surface area contributed by atoms with E-state index in [2.05, 4.69) is 10.3 Å². The summed E-state index contributed by atoms with van der Waals surface area (Å²) in [4.78, 5) is 29.5. The average Bonchev–Trinajstić information content (AvgIpc) is 2.78. The second-order valence-electron chi connectivity index (χ2n) is 5.62. The standard InChI is InChI=1S/C13H20ClN3O3S/c1-8(6-15-12(19)20-13(2,3)4)17(5)11(18)9-10(14)16-7-21-9/h7-8H,6H2,1-5H3,(H,15,19). The van der Waals surface area contributed by atoms with Gasteiger partial charge in [-0.3, -0.25) is 4.79 Å². The molecule has 1 rings (SSSR count). The van der Waals surface area contributed by atoms with E-state index in [0.29, 0.717) is 4.88 Å². The first-order valence-electron chi connectivity index (χ1n) is 6.45. The van der Waals surface area contributed by atoms with Crippen molar-refractivity contribution in [1.29, 1.82) is 0 Å². The van der Waals surface area contributed by atoms with Crippen molar-refractivity contribution in [3.63, 3.8) is 0 Å². The molecule has 118 valence electrons. The summed E-state index contributed by atoms with van der Waals surface area (Å²) in [5.74, 6) is -0.221. The van der Waals surface area contributed by atoms with E-state index in [0.717, 1.165) is 0 Å². The molecule has 1 aromatic heterocycles. The second kappa shape index (κ2) is 7.09. The van der Waals surface area contributed by atoms with Crippen LogP contribution in [0, 0.1) is 0 Å². The van der Waals surface area contributed by atoms with Gasteiger partial charge in [0, 0.05) is 19.6 Å². The van der Waals surface area contributed by atoms with E-state index in [1.165, 1.54) is 21.7 Å². The number of nitrogens with zero attached hydrogens (tertiary/aromatic N) is 2. The van der Waals surface area contributed by atoms with Crippen LogP contribution in [-0.4, -0.2) is 47.1 Å². The van der Waals surface area contributed by atoms with Gasteiger partial charge in [-0.05, 0) is 27.7 Å². The lowest BCUT2D eigenvalue weighted by molar-refractivity contribution is 0.0502. The molecule has 0 bridgehead atoms. The van der Waals surface area contributed by atoms with Crippen LogP contribution in [0.3, 0.4) is 0 Å². The summed E-state index contributed by atoms with van der Waals surface area (Å²) in [5, 5.41) is 2.83. The molecule has 0 aliphatic heterocycles. The highest BCUT2D eigenvalue weighted by Gasteiger charge is 2.23. The van der Waals surface area contributed by atoms with Crippen LogP contribution in [0.2, 0.25) is 5.15 Å². The maximum Gasteiger partial charge on any atom is 0.407 e. The number of hydrogen-bond acceptors (Lipinski definition) is 5. The van der Waals surface area contributed by atoms with Crippen molar-refractivity contribution in [2.45, 2.75) is 39.3 Å². The van der Waals surface area contributed by atoms with Crippen molar-refractivity contribution < 1.29 is 14.3 Å². The fourth-order valence-electron chi connectivity index (χ4n) is 1.41. The van der Waals surface area contributed by atoms with E-state index in [1.807, 2.05) is 6.92 Å². The van der Waals surface area contributed by atoms with Gasteiger partial charge in [0.1, 0.15) is 10.5 Å². The summed E-state index contributed by atoms with van der Waals surface area (Å²) in [5.41, 5.74) is 0.970. The maximum absolute atomic E-state index is 12.2. The molecule has 0 spiro atoms. The molecule has 8 heteroatoms. The number of likely N-dealkylation sites (N-methyl/N-ethyl adjacent to an activating group) is 1. The van der Waals surface area contributed by atoms with Gasteiger partial charge in [-0.15, -0.1) is 11.3 Å². The first-order chi connectivity index (χ1) is 9.61. The molecule has 0 aliphatic rings. The number of nitrogens with one attached hydrogen (secondary N) is 1. The Kier molecular flexibility index (Phi) is 5.98. The molecule has 0 aliphatic carbocycles. The van der Waals surface area contributed by atoms with Crippen LogP contribution in [0.25, 0.3) is 0 Å². The zero-order chi connectivity index (χ0) is 16.2. The predicted molar refractivity (Wildman–Crippen MR) is 82.9 cm³/mol. The smallest absolute Gasteiger partial charge is 0.407 e. The van der Waals surface area contributed by atoms with Gasteiger partial charge in [0.05, 0.1) is 5.51 Å². The third kappa shape index (κ3) is 5.51. The molecule has 0 aromatic carbocycles. The van der Waals surface area contributed by atoms with Gasteiger partial charge in [0.2, 0.25) is 0 Å². The highest BCUT2D eigenvalue weighted by molar-refractivity contribution is 7.12. The highest BCUT2D eigenvalue weighted by atomic mass is 35.5. The quantitative estimate of drug-likeness (QED) is 0.919. The van der Waals surface area contributed by atoms with E-state index in [-0.39, 0.29) is 23.6 Å².